The zero-order valence-corrected chi connectivity index (χ0v) is 20.3. The molecule has 1 heterocycles. The topological polar surface area (TPSA) is 79.4 Å². The van der Waals surface area contributed by atoms with Crippen LogP contribution in [0.15, 0.2) is 54.6 Å². The summed E-state index contributed by atoms with van der Waals surface area (Å²) in [5.41, 5.74) is 0.952. The largest absolute Gasteiger partial charge is 0.481 e. The van der Waals surface area contributed by atoms with Crippen molar-refractivity contribution < 1.29 is 9.53 Å². The van der Waals surface area contributed by atoms with Gasteiger partial charge in [0.25, 0.3) is 5.91 Å². The van der Waals surface area contributed by atoms with E-state index in [1.54, 1.807) is 6.92 Å². The number of nitrogens with one attached hydrogen (secondary N) is 2. The lowest BCUT2D eigenvalue weighted by Gasteiger charge is -2.29. The molecule has 1 aromatic heterocycles. The van der Waals surface area contributed by atoms with E-state index in [0.717, 1.165) is 48.9 Å². The van der Waals surface area contributed by atoms with E-state index < -0.39 is 6.10 Å². The van der Waals surface area contributed by atoms with E-state index in [1.165, 1.54) is 0 Å². The quantitative estimate of drug-likeness (QED) is 0.489. The summed E-state index contributed by atoms with van der Waals surface area (Å²) >= 11 is 0. The monoisotopic (exact) mass is 461 g/mol. The first-order valence-electron chi connectivity index (χ1n) is 12.2. The van der Waals surface area contributed by atoms with Gasteiger partial charge in [0, 0.05) is 32.6 Å². The first-order valence-corrected chi connectivity index (χ1v) is 12.2. The lowest BCUT2D eigenvalue weighted by atomic mass is 9.82. The average molecular weight is 462 g/mol. The van der Waals surface area contributed by atoms with Gasteiger partial charge in [0.15, 0.2) is 6.10 Å². The van der Waals surface area contributed by atoms with Crippen LogP contribution in [-0.4, -0.2) is 49.2 Å². The highest BCUT2D eigenvalue weighted by molar-refractivity contribution is 5.90. The van der Waals surface area contributed by atoms with Crippen LogP contribution in [0.25, 0.3) is 10.9 Å². The first-order chi connectivity index (χ1) is 16.5. The molecule has 7 heteroatoms. The van der Waals surface area contributed by atoms with Gasteiger partial charge in [0.05, 0.1) is 5.52 Å². The Hall–Kier alpha value is -3.35. The Morgan fingerprint density at radius 2 is 1.62 bits per heavy atom. The van der Waals surface area contributed by atoms with Crippen molar-refractivity contribution in [1.82, 2.24) is 15.3 Å². The Balaban J connectivity index is 1.21. The van der Waals surface area contributed by atoms with Gasteiger partial charge in [-0.05, 0) is 68.7 Å². The zero-order chi connectivity index (χ0) is 23.9. The lowest BCUT2D eigenvalue weighted by Crippen LogP contribution is -2.39. The summed E-state index contributed by atoms with van der Waals surface area (Å²) in [6.07, 6.45) is 4.00. The molecule has 1 aliphatic rings. The van der Waals surface area contributed by atoms with Gasteiger partial charge < -0.3 is 20.3 Å². The van der Waals surface area contributed by atoms with Crippen LogP contribution in [0.5, 0.6) is 5.75 Å². The molecule has 0 saturated heterocycles. The number of hydrogen-bond acceptors (Lipinski definition) is 6. The Morgan fingerprint density at radius 3 is 2.32 bits per heavy atom. The summed E-state index contributed by atoms with van der Waals surface area (Å²) in [4.78, 5) is 23.9. The summed E-state index contributed by atoms with van der Waals surface area (Å²) in [7, 11) is 4.01. The minimum Gasteiger partial charge on any atom is -0.481 e. The molecule has 0 aliphatic heterocycles. The van der Waals surface area contributed by atoms with Crippen LogP contribution in [0, 0.1) is 11.8 Å². The molecule has 1 fully saturated rings. The third kappa shape index (κ3) is 6.16. The molecule has 7 nitrogen and oxygen atoms in total. The molecule has 0 spiro atoms. The highest BCUT2D eigenvalue weighted by atomic mass is 16.5. The second-order valence-electron chi connectivity index (χ2n) is 9.37. The third-order valence-corrected chi connectivity index (χ3v) is 6.51. The number of ether oxygens (including phenoxy) is 1. The normalized spacial score (nSPS) is 18.8. The van der Waals surface area contributed by atoms with Gasteiger partial charge in [-0.2, -0.15) is 4.98 Å². The van der Waals surface area contributed by atoms with Crippen LogP contribution in [0.1, 0.15) is 32.6 Å². The molecular weight excluding hydrogens is 426 g/mol. The van der Waals surface area contributed by atoms with Crippen molar-refractivity contribution >= 4 is 28.6 Å². The van der Waals surface area contributed by atoms with Crippen molar-refractivity contribution in [1.29, 1.82) is 0 Å². The standard InChI is InChI=1S/C27H35N5O2/c1-19(34-22-9-5-4-6-10-22)26(33)28-17-20-13-15-21(16-14-20)18-29-27-30-24-12-8-7-11-23(24)25(31-27)32(2)3/h4-12,19-21H,13-18H2,1-3H3,(H,28,33)(H,29,30,31). The number of hydrogen-bond donors (Lipinski definition) is 2. The number of carbonyl (C=O) groups is 1. The van der Waals surface area contributed by atoms with Gasteiger partial charge in [-0.3, -0.25) is 4.79 Å². The van der Waals surface area contributed by atoms with Gasteiger partial charge in [-0.1, -0.05) is 30.3 Å². The number of aromatic nitrogens is 2. The lowest BCUT2D eigenvalue weighted by molar-refractivity contribution is -0.127. The SMILES string of the molecule is CC(Oc1ccccc1)C(=O)NCC1CCC(CNc2nc(N(C)C)c3ccccc3n2)CC1. The molecule has 0 radical (unpaired) electrons. The summed E-state index contributed by atoms with van der Waals surface area (Å²) in [5, 5.41) is 7.60. The zero-order valence-electron chi connectivity index (χ0n) is 20.3. The van der Waals surface area contributed by atoms with Gasteiger partial charge in [-0.25, -0.2) is 4.98 Å². The number of carbonyl (C=O) groups excluding carboxylic acids is 1. The maximum absolute atomic E-state index is 12.4. The molecule has 3 aromatic rings. The number of fused-ring (bicyclic) bond motifs is 1. The minimum absolute atomic E-state index is 0.0576. The van der Waals surface area contributed by atoms with Gasteiger partial charge >= 0.3 is 0 Å². The van der Waals surface area contributed by atoms with Gasteiger partial charge in [0.2, 0.25) is 5.95 Å². The van der Waals surface area contributed by atoms with E-state index in [2.05, 4.69) is 16.7 Å². The van der Waals surface area contributed by atoms with Crippen molar-refractivity contribution in [3.8, 4) is 5.75 Å². The summed E-state index contributed by atoms with van der Waals surface area (Å²) < 4.78 is 5.72. The van der Waals surface area contributed by atoms with E-state index in [1.807, 2.05) is 67.5 Å². The fraction of sp³-hybridized carbons (Fsp3) is 0.444. The van der Waals surface area contributed by atoms with Crippen molar-refractivity contribution in [3.05, 3.63) is 54.6 Å². The molecule has 1 atom stereocenters. The molecule has 180 valence electrons. The Kier molecular flexibility index (Phi) is 7.83. The number of rotatable bonds is 9. The molecule has 1 unspecified atom stereocenters. The third-order valence-electron chi connectivity index (χ3n) is 6.51. The predicted octanol–water partition coefficient (Wildman–Crippen LogP) is 4.50. The highest BCUT2D eigenvalue weighted by Crippen LogP contribution is 2.29. The van der Waals surface area contributed by atoms with Crippen LogP contribution in [-0.2, 0) is 4.79 Å². The number of amides is 1. The highest BCUT2D eigenvalue weighted by Gasteiger charge is 2.23. The van der Waals surface area contributed by atoms with E-state index >= 15 is 0 Å². The second kappa shape index (κ2) is 11.2. The maximum Gasteiger partial charge on any atom is 0.260 e. The van der Waals surface area contributed by atoms with Crippen molar-refractivity contribution in [2.75, 3.05) is 37.4 Å². The van der Waals surface area contributed by atoms with Crippen LogP contribution >= 0.6 is 0 Å². The van der Waals surface area contributed by atoms with Crippen molar-refractivity contribution in [2.24, 2.45) is 11.8 Å². The maximum atomic E-state index is 12.4. The molecule has 4 rings (SSSR count). The first kappa shape index (κ1) is 23.8. The van der Waals surface area contributed by atoms with Gasteiger partial charge in [0.1, 0.15) is 11.6 Å². The molecule has 2 aromatic carbocycles. The molecule has 0 bridgehead atoms. The van der Waals surface area contributed by atoms with E-state index in [-0.39, 0.29) is 5.91 Å². The number of anilines is 2. The van der Waals surface area contributed by atoms with Crippen molar-refractivity contribution in [3.63, 3.8) is 0 Å². The van der Waals surface area contributed by atoms with E-state index in [4.69, 9.17) is 14.7 Å². The molecule has 2 N–H and O–H groups in total. The van der Waals surface area contributed by atoms with Gasteiger partial charge in [-0.15, -0.1) is 0 Å². The van der Waals surface area contributed by atoms with Crippen LogP contribution in [0.4, 0.5) is 11.8 Å². The van der Waals surface area contributed by atoms with Crippen LogP contribution in [0.3, 0.4) is 0 Å². The predicted molar refractivity (Wildman–Crippen MR) is 137 cm³/mol. The van der Waals surface area contributed by atoms with E-state index in [0.29, 0.717) is 30.1 Å². The molecule has 1 aliphatic carbocycles. The number of para-hydroxylation sites is 2. The molecule has 1 saturated carbocycles. The Labute approximate surface area is 201 Å². The number of nitrogens with zero attached hydrogens (tertiary/aromatic N) is 3. The summed E-state index contributed by atoms with van der Waals surface area (Å²) in [6.45, 7) is 3.37. The average Bonchev–Trinajstić information content (AvgIpc) is 2.86. The fourth-order valence-corrected chi connectivity index (χ4v) is 4.50. The summed E-state index contributed by atoms with van der Waals surface area (Å²) in [6, 6.07) is 17.6. The van der Waals surface area contributed by atoms with Crippen LogP contribution < -0.4 is 20.3 Å². The number of benzene rings is 2. The smallest absolute Gasteiger partial charge is 0.260 e. The van der Waals surface area contributed by atoms with E-state index in [9.17, 15) is 4.79 Å². The van der Waals surface area contributed by atoms with Crippen LogP contribution in [0.2, 0.25) is 0 Å². The fourth-order valence-electron chi connectivity index (χ4n) is 4.50. The minimum atomic E-state index is -0.503. The van der Waals surface area contributed by atoms with Crippen molar-refractivity contribution in [2.45, 2.75) is 38.7 Å². The molecule has 34 heavy (non-hydrogen) atoms. The Bertz CT molecular complexity index is 1080. The molecule has 1 amide bonds. The Morgan fingerprint density at radius 1 is 0.971 bits per heavy atom. The molecular formula is C27H35N5O2. The second-order valence-corrected chi connectivity index (χ2v) is 9.37. The summed E-state index contributed by atoms with van der Waals surface area (Å²) in [5.74, 6) is 3.37.